The molecule has 0 bridgehead atoms. The first-order valence-corrected chi connectivity index (χ1v) is 5.01. The van der Waals surface area contributed by atoms with E-state index < -0.39 is 0 Å². The van der Waals surface area contributed by atoms with Gasteiger partial charge < -0.3 is 16.4 Å². The zero-order valence-electron chi connectivity index (χ0n) is 9.40. The van der Waals surface area contributed by atoms with Crippen molar-refractivity contribution < 1.29 is 0 Å². The van der Waals surface area contributed by atoms with Gasteiger partial charge in [0.25, 0.3) is 0 Å². The second-order valence-corrected chi connectivity index (χ2v) is 2.96. The number of anilines is 1. The number of hydrogen-bond acceptors (Lipinski definition) is 2. The summed E-state index contributed by atoms with van der Waals surface area (Å²) in [6.45, 7) is 6.52. The third-order valence-electron chi connectivity index (χ3n) is 1.88. The second-order valence-electron chi connectivity index (χ2n) is 2.96. The molecule has 0 amide bonds. The molecule has 15 heavy (non-hydrogen) atoms. The number of nitrogens with zero attached hydrogens (tertiary/aromatic N) is 1. The van der Waals surface area contributed by atoms with Crippen molar-refractivity contribution in [1.29, 1.82) is 5.41 Å². The van der Waals surface area contributed by atoms with E-state index >= 15 is 0 Å². The molecule has 0 aliphatic heterocycles. The summed E-state index contributed by atoms with van der Waals surface area (Å²) in [6.07, 6.45) is 0. The van der Waals surface area contributed by atoms with Crippen LogP contribution < -0.4 is 16.4 Å². The molecule has 1 rings (SSSR count). The molecule has 0 radical (unpaired) electrons. The molecule has 0 saturated carbocycles. The van der Waals surface area contributed by atoms with Gasteiger partial charge in [-0.3, -0.25) is 5.41 Å². The number of rotatable bonds is 3. The lowest BCUT2D eigenvalue weighted by Crippen LogP contribution is -2.21. The van der Waals surface area contributed by atoms with Crippen LogP contribution in [0.4, 0.5) is 5.69 Å². The average Bonchev–Trinajstić information content (AvgIpc) is 2.20. The maximum Gasteiger partial charge on any atom is 0.183 e. The molecule has 1 aromatic rings. The smallest absolute Gasteiger partial charge is 0.183 e. The van der Waals surface area contributed by atoms with Crippen LogP contribution in [-0.4, -0.2) is 19.0 Å². The Morgan fingerprint density at radius 3 is 1.87 bits per heavy atom. The van der Waals surface area contributed by atoms with E-state index in [1.165, 1.54) is 5.69 Å². The number of para-hydroxylation sites is 1. The van der Waals surface area contributed by atoms with Crippen LogP contribution in [-0.2, 0) is 0 Å². The van der Waals surface area contributed by atoms with E-state index in [9.17, 15) is 0 Å². The Morgan fingerprint density at radius 1 is 1.13 bits per heavy atom. The maximum absolute atomic E-state index is 6.06. The highest BCUT2D eigenvalue weighted by Gasteiger charge is 1.97. The molecule has 0 aliphatic carbocycles. The quantitative estimate of drug-likeness (QED) is 0.518. The molecule has 1 aromatic carbocycles. The van der Waals surface area contributed by atoms with Gasteiger partial charge in [-0.1, -0.05) is 18.2 Å². The fourth-order valence-electron chi connectivity index (χ4n) is 1.23. The van der Waals surface area contributed by atoms with E-state index in [2.05, 4.69) is 54.5 Å². The normalized spacial score (nSPS) is 8.67. The zero-order valence-corrected chi connectivity index (χ0v) is 9.40. The van der Waals surface area contributed by atoms with Crippen LogP contribution >= 0.6 is 0 Å². The van der Waals surface area contributed by atoms with Crippen LogP contribution in [0.1, 0.15) is 13.8 Å². The van der Waals surface area contributed by atoms with Crippen LogP contribution in [0.2, 0.25) is 0 Å². The molecule has 84 valence electrons. The molecule has 0 spiro atoms. The molecule has 0 heterocycles. The van der Waals surface area contributed by atoms with Crippen LogP contribution in [0.5, 0.6) is 0 Å². The van der Waals surface area contributed by atoms with Crippen molar-refractivity contribution in [3.63, 3.8) is 0 Å². The Kier molecular flexibility index (Phi) is 6.80. The molecule has 5 N–H and O–H groups in total. The summed E-state index contributed by atoms with van der Waals surface area (Å²) in [5.74, 6) is -0.333. The highest BCUT2D eigenvalue weighted by molar-refractivity contribution is 5.71. The average molecular weight is 208 g/mol. The van der Waals surface area contributed by atoms with Crippen molar-refractivity contribution >= 4 is 11.6 Å². The zero-order chi connectivity index (χ0) is 11.7. The van der Waals surface area contributed by atoms with Gasteiger partial charge in [0.05, 0.1) is 0 Å². The van der Waals surface area contributed by atoms with Gasteiger partial charge in [0.1, 0.15) is 0 Å². The van der Waals surface area contributed by atoms with E-state index in [1.54, 1.807) is 0 Å². The van der Waals surface area contributed by atoms with Crippen molar-refractivity contribution in [2.75, 3.05) is 18.0 Å². The number of nitrogens with two attached hydrogens (primary N) is 2. The van der Waals surface area contributed by atoms with Crippen LogP contribution in [0.3, 0.4) is 0 Å². The molecule has 4 nitrogen and oxygen atoms in total. The fourth-order valence-corrected chi connectivity index (χ4v) is 1.23. The molecule has 0 saturated heterocycles. The van der Waals surface area contributed by atoms with Crippen LogP contribution in [0.15, 0.2) is 30.3 Å². The molecular formula is C11H20N4. The van der Waals surface area contributed by atoms with Gasteiger partial charge in [-0.25, -0.2) is 0 Å². The van der Waals surface area contributed by atoms with Crippen molar-refractivity contribution in [3.05, 3.63) is 30.3 Å². The predicted octanol–water partition coefficient (Wildman–Crippen LogP) is 1.37. The number of hydrogen-bond donors (Lipinski definition) is 3. The fraction of sp³-hybridized carbons (Fsp3) is 0.364. The van der Waals surface area contributed by atoms with E-state index in [1.807, 2.05) is 6.07 Å². The Morgan fingerprint density at radius 2 is 1.53 bits per heavy atom. The number of guanidine groups is 1. The highest BCUT2D eigenvalue weighted by Crippen LogP contribution is 2.11. The summed E-state index contributed by atoms with van der Waals surface area (Å²) in [5.41, 5.74) is 10.3. The summed E-state index contributed by atoms with van der Waals surface area (Å²) >= 11 is 0. The first kappa shape index (κ1) is 13.3. The first-order valence-electron chi connectivity index (χ1n) is 5.01. The lowest BCUT2D eigenvalue weighted by atomic mass is 10.3. The minimum atomic E-state index is -0.333. The Balaban J connectivity index is 0.000000423. The first-order chi connectivity index (χ1) is 7.11. The van der Waals surface area contributed by atoms with Crippen molar-refractivity contribution in [2.24, 2.45) is 11.5 Å². The number of benzene rings is 1. The molecule has 0 aliphatic rings. The lowest BCUT2D eigenvalue weighted by Gasteiger charge is -2.20. The van der Waals surface area contributed by atoms with Gasteiger partial charge in [-0.15, -0.1) is 0 Å². The molecule has 0 unspecified atom stereocenters. The summed E-state index contributed by atoms with van der Waals surface area (Å²) < 4.78 is 0. The maximum atomic E-state index is 6.06. The minimum absolute atomic E-state index is 0.333. The summed E-state index contributed by atoms with van der Waals surface area (Å²) in [6, 6.07) is 10.5. The standard InChI is InChI=1S/C10H15N.CH5N3/c1-3-11(4-2)10-8-6-5-7-9-10;2-1(3)4/h5-9H,3-4H2,1-2H3;(H5,2,3,4). The van der Waals surface area contributed by atoms with Gasteiger partial charge >= 0.3 is 0 Å². The van der Waals surface area contributed by atoms with Crippen LogP contribution in [0, 0.1) is 5.41 Å². The SMILES string of the molecule is CCN(CC)c1ccccc1.N=C(N)N. The third-order valence-corrected chi connectivity index (χ3v) is 1.88. The molecule has 0 fully saturated rings. The molecule has 4 heteroatoms. The van der Waals surface area contributed by atoms with Gasteiger partial charge in [0.2, 0.25) is 0 Å². The Bertz CT molecular complexity index is 263. The Labute approximate surface area is 91.4 Å². The largest absolute Gasteiger partial charge is 0.372 e. The van der Waals surface area contributed by atoms with E-state index in [4.69, 9.17) is 5.41 Å². The molecular weight excluding hydrogens is 188 g/mol. The highest BCUT2D eigenvalue weighted by atomic mass is 15.1. The van der Waals surface area contributed by atoms with Gasteiger partial charge in [-0.2, -0.15) is 0 Å². The second kappa shape index (κ2) is 7.67. The van der Waals surface area contributed by atoms with Gasteiger partial charge in [-0.05, 0) is 26.0 Å². The van der Waals surface area contributed by atoms with Gasteiger partial charge in [0.15, 0.2) is 5.96 Å². The topological polar surface area (TPSA) is 79.1 Å². The summed E-state index contributed by atoms with van der Waals surface area (Å²) in [4.78, 5) is 2.33. The van der Waals surface area contributed by atoms with Crippen LogP contribution in [0.25, 0.3) is 0 Å². The monoisotopic (exact) mass is 208 g/mol. The van der Waals surface area contributed by atoms with Crippen molar-refractivity contribution in [1.82, 2.24) is 0 Å². The van der Waals surface area contributed by atoms with E-state index in [-0.39, 0.29) is 5.96 Å². The molecule has 0 aromatic heterocycles. The number of nitrogens with one attached hydrogen (secondary N) is 1. The van der Waals surface area contributed by atoms with E-state index in [0.717, 1.165) is 13.1 Å². The summed E-state index contributed by atoms with van der Waals surface area (Å²) in [7, 11) is 0. The van der Waals surface area contributed by atoms with Gasteiger partial charge in [0, 0.05) is 18.8 Å². The third kappa shape index (κ3) is 6.37. The minimum Gasteiger partial charge on any atom is -0.372 e. The lowest BCUT2D eigenvalue weighted by molar-refractivity contribution is 0.866. The van der Waals surface area contributed by atoms with Crippen molar-refractivity contribution in [2.45, 2.75) is 13.8 Å². The Hall–Kier alpha value is -1.71. The summed E-state index contributed by atoms with van der Waals surface area (Å²) in [5, 5.41) is 6.06. The van der Waals surface area contributed by atoms with E-state index in [0.29, 0.717) is 0 Å². The predicted molar refractivity (Wildman–Crippen MR) is 66.1 cm³/mol. The van der Waals surface area contributed by atoms with Crippen molar-refractivity contribution in [3.8, 4) is 0 Å². The molecule has 0 atom stereocenters.